The molecule has 5 rings (SSSR count). The van der Waals surface area contributed by atoms with Gasteiger partial charge >= 0.3 is 0 Å². The number of anilines is 1. The van der Waals surface area contributed by atoms with Crippen LogP contribution in [0.15, 0.2) is 24.3 Å². The molecule has 1 aromatic carbocycles. The van der Waals surface area contributed by atoms with E-state index >= 15 is 0 Å². The van der Waals surface area contributed by atoms with Gasteiger partial charge in [-0.2, -0.15) is 0 Å². The van der Waals surface area contributed by atoms with Crippen molar-refractivity contribution in [1.82, 2.24) is 5.32 Å². The zero-order valence-electron chi connectivity index (χ0n) is 17.6. The minimum atomic E-state index is -0.156. The summed E-state index contributed by atoms with van der Waals surface area (Å²) in [5.41, 5.74) is 2.43. The SMILES string of the molecule is CCCC(=O)Nc1ccc(CNC(=O)C23CC4CC(C)(CC(C)(C4)C2)C3)cc1. The second kappa shape index (κ2) is 6.89. The fraction of sp³-hybridized carbons (Fsp3) is 0.667. The number of carbonyl (C=O) groups excluding carboxylic acids is 2. The molecule has 2 amide bonds. The minimum absolute atomic E-state index is 0.0485. The Morgan fingerprint density at radius 2 is 1.64 bits per heavy atom. The van der Waals surface area contributed by atoms with Crippen molar-refractivity contribution < 1.29 is 9.59 Å². The average Bonchev–Trinajstić information content (AvgIpc) is 2.58. The second-order valence-corrected chi connectivity index (χ2v) is 10.6. The van der Waals surface area contributed by atoms with Crippen LogP contribution in [0.1, 0.15) is 77.7 Å². The highest BCUT2D eigenvalue weighted by molar-refractivity contribution is 5.90. The maximum absolute atomic E-state index is 13.3. The van der Waals surface area contributed by atoms with E-state index in [0.29, 0.717) is 23.8 Å². The molecule has 1 aromatic rings. The first kappa shape index (κ1) is 19.5. The zero-order valence-corrected chi connectivity index (χ0v) is 17.6. The fourth-order valence-electron chi connectivity index (χ4n) is 7.23. The van der Waals surface area contributed by atoms with Gasteiger partial charge in [0.05, 0.1) is 5.41 Å². The quantitative estimate of drug-likeness (QED) is 0.724. The summed E-state index contributed by atoms with van der Waals surface area (Å²) in [6.45, 7) is 7.37. The van der Waals surface area contributed by atoms with Crippen molar-refractivity contribution in [1.29, 1.82) is 0 Å². The summed E-state index contributed by atoms with van der Waals surface area (Å²) in [6, 6.07) is 7.82. The van der Waals surface area contributed by atoms with Gasteiger partial charge in [-0.1, -0.05) is 32.9 Å². The minimum Gasteiger partial charge on any atom is -0.352 e. The van der Waals surface area contributed by atoms with Crippen molar-refractivity contribution in [2.24, 2.45) is 22.2 Å². The van der Waals surface area contributed by atoms with Gasteiger partial charge in [-0.3, -0.25) is 9.59 Å². The van der Waals surface area contributed by atoms with Gasteiger partial charge in [-0.15, -0.1) is 0 Å². The number of hydrogen-bond acceptors (Lipinski definition) is 2. The number of amides is 2. The topological polar surface area (TPSA) is 58.2 Å². The Morgan fingerprint density at radius 3 is 2.21 bits per heavy atom. The van der Waals surface area contributed by atoms with Crippen LogP contribution < -0.4 is 10.6 Å². The molecule has 4 aliphatic carbocycles. The van der Waals surface area contributed by atoms with E-state index in [-0.39, 0.29) is 17.2 Å². The van der Waals surface area contributed by atoms with Gasteiger partial charge in [0, 0.05) is 18.7 Å². The summed E-state index contributed by atoms with van der Waals surface area (Å²) < 4.78 is 0. The number of rotatable bonds is 6. The molecule has 4 saturated carbocycles. The lowest BCUT2D eigenvalue weighted by Crippen LogP contribution is -2.59. The first-order valence-corrected chi connectivity index (χ1v) is 10.9. The van der Waals surface area contributed by atoms with Gasteiger partial charge in [-0.25, -0.2) is 0 Å². The van der Waals surface area contributed by atoms with Gasteiger partial charge in [-0.05, 0) is 79.4 Å². The van der Waals surface area contributed by atoms with Gasteiger partial charge in [0.25, 0.3) is 0 Å². The summed E-state index contributed by atoms with van der Waals surface area (Å²) in [5.74, 6) is 1.03. The van der Waals surface area contributed by atoms with Gasteiger partial charge in [0.2, 0.25) is 11.8 Å². The maximum atomic E-state index is 13.3. The number of hydrogen-bond donors (Lipinski definition) is 2. The molecule has 0 aliphatic heterocycles. The third kappa shape index (κ3) is 3.70. The Hall–Kier alpha value is -1.84. The number of benzene rings is 1. The Labute approximate surface area is 168 Å². The Bertz CT molecular complexity index is 751. The van der Waals surface area contributed by atoms with Crippen molar-refractivity contribution in [2.45, 2.75) is 78.7 Å². The lowest BCUT2D eigenvalue weighted by Gasteiger charge is -2.64. The van der Waals surface area contributed by atoms with E-state index in [4.69, 9.17) is 0 Å². The molecule has 2 N–H and O–H groups in total. The molecular weight excluding hydrogens is 348 g/mol. The van der Waals surface area contributed by atoms with Crippen LogP contribution in [-0.4, -0.2) is 11.8 Å². The molecule has 0 saturated heterocycles. The van der Waals surface area contributed by atoms with Gasteiger partial charge < -0.3 is 10.6 Å². The first-order valence-electron chi connectivity index (χ1n) is 10.9. The molecule has 4 heteroatoms. The van der Waals surface area contributed by atoms with E-state index in [1.165, 1.54) is 19.3 Å². The molecule has 2 unspecified atom stereocenters. The van der Waals surface area contributed by atoms with E-state index in [2.05, 4.69) is 24.5 Å². The largest absolute Gasteiger partial charge is 0.352 e. The summed E-state index contributed by atoms with van der Waals surface area (Å²) in [7, 11) is 0. The molecule has 4 aliphatic rings. The molecule has 0 aromatic heterocycles. The van der Waals surface area contributed by atoms with Crippen LogP contribution >= 0.6 is 0 Å². The molecule has 0 radical (unpaired) electrons. The van der Waals surface area contributed by atoms with E-state index in [9.17, 15) is 9.59 Å². The smallest absolute Gasteiger partial charge is 0.226 e. The molecule has 4 nitrogen and oxygen atoms in total. The molecular formula is C24H34N2O2. The second-order valence-electron chi connectivity index (χ2n) is 10.6. The van der Waals surface area contributed by atoms with Crippen LogP contribution in [0.4, 0.5) is 5.69 Å². The van der Waals surface area contributed by atoms with Crippen LogP contribution in [-0.2, 0) is 16.1 Å². The summed E-state index contributed by atoms with van der Waals surface area (Å²) in [5, 5.41) is 6.15. The zero-order chi connectivity index (χ0) is 20.0. The van der Waals surface area contributed by atoms with Crippen LogP contribution in [0.5, 0.6) is 0 Å². The molecule has 152 valence electrons. The maximum Gasteiger partial charge on any atom is 0.226 e. The van der Waals surface area contributed by atoms with Crippen molar-refractivity contribution in [3.8, 4) is 0 Å². The van der Waals surface area contributed by atoms with Crippen LogP contribution in [0, 0.1) is 22.2 Å². The van der Waals surface area contributed by atoms with E-state index in [1.807, 2.05) is 31.2 Å². The lowest BCUT2D eigenvalue weighted by atomic mass is 9.40. The lowest BCUT2D eigenvalue weighted by molar-refractivity contribution is -0.170. The Morgan fingerprint density at radius 1 is 1.00 bits per heavy atom. The molecule has 2 atom stereocenters. The predicted molar refractivity (Wildman–Crippen MR) is 112 cm³/mol. The highest BCUT2D eigenvalue weighted by Gasteiger charge is 2.62. The summed E-state index contributed by atoms with van der Waals surface area (Å²) in [4.78, 5) is 25.0. The first-order chi connectivity index (χ1) is 13.2. The van der Waals surface area contributed by atoms with Crippen LogP contribution in [0.25, 0.3) is 0 Å². The Balaban J connectivity index is 1.38. The number of carbonyl (C=O) groups is 2. The molecule has 4 bridgehead atoms. The van der Waals surface area contributed by atoms with Crippen LogP contribution in [0.3, 0.4) is 0 Å². The number of nitrogens with one attached hydrogen (secondary N) is 2. The third-order valence-corrected chi connectivity index (χ3v) is 7.28. The standard InChI is InChI=1S/C24H34N2O2/c1-4-5-20(27)26-19-8-6-17(7-9-19)13-25-21(28)24-12-18-10-22(2,15-24)14-23(3,11-18)16-24/h6-9,18H,4-5,10-16H2,1-3H3,(H,25,28)(H,26,27). The van der Waals surface area contributed by atoms with Crippen LogP contribution in [0.2, 0.25) is 0 Å². The normalized spacial score (nSPS) is 35.6. The molecule has 0 spiro atoms. The highest BCUT2D eigenvalue weighted by atomic mass is 16.2. The molecule has 0 heterocycles. The van der Waals surface area contributed by atoms with Crippen molar-refractivity contribution in [2.75, 3.05) is 5.32 Å². The molecule has 4 fully saturated rings. The fourth-order valence-corrected chi connectivity index (χ4v) is 7.23. The summed E-state index contributed by atoms with van der Waals surface area (Å²) >= 11 is 0. The summed E-state index contributed by atoms with van der Waals surface area (Å²) in [6.07, 6.45) is 8.48. The molecule has 28 heavy (non-hydrogen) atoms. The van der Waals surface area contributed by atoms with Crippen molar-refractivity contribution in [3.05, 3.63) is 29.8 Å². The van der Waals surface area contributed by atoms with Crippen molar-refractivity contribution >= 4 is 17.5 Å². The van der Waals surface area contributed by atoms with Crippen molar-refractivity contribution in [3.63, 3.8) is 0 Å². The van der Waals surface area contributed by atoms with Gasteiger partial charge in [0.1, 0.15) is 0 Å². The third-order valence-electron chi connectivity index (χ3n) is 7.28. The average molecular weight is 383 g/mol. The van der Waals surface area contributed by atoms with E-state index in [0.717, 1.165) is 42.9 Å². The highest BCUT2D eigenvalue weighted by Crippen LogP contribution is 2.69. The van der Waals surface area contributed by atoms with E-state index in [1.54, 1.807) is 0 Å². The van der Waals surface area contributed by atoms with Gasteiger partial charge in [0.15, 0.2) is 0 Å². The monoisotopic (exact) mass is 382 g/mol. The predicted octanol–water partition coefficient (Wildman–Crippen LogP) is 5.04. The Kier molecular flexibility index (Phi) is 4.79. The van der Waals surface area contributed by atoms with E-state index < -0.39 is 0 Å².